The van der Waals surface area contributed by atoms with E-state index in [0.29, 0.717) is 13.0 Å². The molecule has 1 unspecified atom stereocenters. The maximum atomic E-state index is 11.4. The predicted molar refractivity (Wildman–Crippen MR) is 75.0 cm³/mol. The van der Waals surface area contributed by atoms with Gasteiger partial charge >= 0.3 is 6.09 Å². The lowest BCUT2D eigenvalue weighted by Crippen LogP contribution is -2.33. The van der Waals surface area contributed by atoms with Crippen molar-refractivity contribution in [3.8, 4) is 0 Å². The summed E-state index contributed by atoms with van der Waals surface area (Å²) in [6.45, 7) is 7.80. The van der Waals surface area contributed by atoms with E-state index in [-0.39, 0.29) is 0 Å². The average Bonchev–Trinajstić information content (AvgIpc) is 2.26. The fourth-order valence-corrected chi connectivity index (χ4v) is 1.67. The van der Waals surface area contributed by atoms with Crippen molar-refractivity contribution in [2.24, 2.45) is 0 Å². The highest BCUT2D eigenvalue weighted by atomic mass is 16.6. The summed E-state index contributed by atoms with van der Waals surface area (Å²) in [6, 6.07) is 7.72. The zero-order valence-corrected chi connectivity index (χ0v) is 12.1. The van der Waals surface area contributed by atoms with Crippen LogP contribution in [-0.2, 0) is 4.74 Å². The summed E-state index contributed by atoms with van der Waals surface area (Å²) < 4.78 is 5.11. The zero-order valence-electron chi connectivity index (χ0n) is 12.1. The fourth-order valence-electron chi connectivity index (χ4n) is 1.67. The van der Waals surface area contributed by atoms with Crippen LogP contribution in [0.4, 0.5) is 4.79 Å². The van der Waals surface area contributed by atoms with Crippen molar-refractivity contribution in [3.05, 3.63) is 35.4 Å². The number of nitrogens with one attached hydrogen (secondary N) is 1. The molecule has 19 heavy (non-hydrogen) atoms. The number of rotatable bonds is 4. The lowest BCUT2D eigenvalue weighted by Gasteiger charge is -2.20. The average molecular weight is 265 g/mol. The standard InChI is InChI=1S/C15H23NO3/c1-11-6-5-7-12(10-11)13(17)8-9-16-14(18)19-15(2,3)4/h5-7,10,13,17H,8-9H2,1-4H3,(H,16,18). The molecule has 106 valence electrons. The number of alkyl carbamates (subject to hydrolysis) is 1. The van der Waals surface area contributed by atoms with Crippen LogP contribution in [0, 0.1) is 6.92 Å². The molecule has 1 aromatic rings. The molecule has 4 heteroatoms. The quantitative estimate of drug-likeness (QED) is 0.880. The van der Waals surface area contributed by atoms with Gasteiger partial charge in [0.1, 0.15) is 5.60 Å². The molecule has 1 amide bonds. The van der Waals surface area contributed by atoms with Crippen molar-refractivity contribution in [3.63, 3.8) is 0 Å². The van der Waals surface area contributed by atoms with Gasteiger partial charge in [-0.25, -0.2) is 4.79 Å². The summed E-state index contributed by atoms with van der Waals surface area (Å²) in [4.78, 5) is 11.4. The van der Waals surface area contributed by atoms with Crippen LogP contribution in [0.3, 0.4) is 0 Å². The number of hydrogen-bond acceptors (Lipinski definition) is 3. The zero-order chi connectivity index (χ0) is 14.5. The fraction of sp³-hybridized carbons (Fsp3) is 0.533. The minimum atomic E-state index is -0.574. The number of aryl methyl sites for hydroxylation is 1. The molecule has 0 aliphatic rings. The number of aliphatic hydroxyl groups excluding tert-OH is 1. The van der Waals surface area contributed by atoms with E-state index in [1.807, 2.05) is 52.0 Å². The summed E-state index contributed by atoms with van der Waals surface area (Å²) >= 11 is 0. The summed E-state index contributed by atoms with van der Waals surface area (Å²) in [5.41, 5.74) is 1.47. The molecule has 1 atom stereocenters. The monoisotopic (exact) mass is 265 g/mol. The van der Waals surface area contributed by atoms with Crippen LogP contribution in [0.5, 0.6) is 0 Å². The predicted octanol–water partition coefficient (Wildman–Crippen LogP) is 2.94. The first-order valence-electron chi connectivity index (χ1n) is 6.49. The number of carbonyl (C=O) groups is 1. The first-order chi connectivity index (χ1) is 8.78. The molecule has 0 saturated heterocycles. The van der Waals surface area contributed by atoms with Crippen molar-refractivity contribution in [1.82, 2.24) is 5.32 Å². The van der Waals surface area contributed by atoms with Gasteiger partial charge in [0.2, 0.25) is 0 Å². The SMILES string of the molecule is Cc1cccc(C(O)CCNC(=O)OC(C)(C)C)c1. The van der Waals surface area contributed by atoms with Crippen LogP contribution >= 0.6 is 0 Å². The second-order valence-corrected chi connectivity index (χ2v) is 5.65. The molecule has 4 nitrogen and oxygen atoms in total. The number of amides is 1. The van der Waals surface area contributed by atoms with Crippen LogP contribution in [0.1, 0.15) is 44.4 Å². The molecule has 0 aromatic heterocycles. The largest absolute Gasteiger partial charge is 0.444 e. The van der Waals surface area contributed by atoms with Crippen molar-refractivity contribution in [2.75, 3.05) is 6.54 Å². The Morgan fingerprint density at radius 2 is 2.11 bits per heavy atom. The van der Waals surface area contributed by atoms with E-state index in [2.05, 4.69) is 5.32 Å². The van der Waals surface area contributed by atoms with Gasteiger partial charge < -0.3 is 15.2 Å². The van der Waals surface area contributed by atoms with Gasteiger partial charge in [-0.3, -0.25) is 0 Å². The van der Waals surface area contributed by atoms with Crippen LogP contribution in [0.25, 0.3) is 0 Å². The maximum absolute atomic E-state index is 11.4. The number of hydrogen-bond donors (Lipinski definition) is 2. The van der Waals surface area contributed by atoms with E-state index >= 15 is 0 Å². The van der Waals surface area contributed by atoms with Crippen LogP contribution in [-0.4, -0.2) is 23.3 Å². The molecule has 0 saturated carbocycles. The molecule has 0 radical (unpaired) electrons. The van der Waals surface area contributed by atoms with E-state index in [1.165, 1.54) is 0 Å². The number of carbonyl (C=O) groups excluding carboxylic acids is 1. The first kappa shape index (κ1) is 15.5. The Labute approximate surface area is 114 Å². The van der Waals surface area contributed by atoms with E-state index in [0.717, 1.165) is 11.1 Å². The third kappa shape index (κ3) is 6.25. The molecule has 0 spiro atoms. The normalized spacial score (nSPS) is 12.9. The number of benzene rings is 1. The van der Waals surface area contributed by atoms with Crippen molar-refractivity contribution < 1.29 is 14.6 Å². The lowest BCUT2D eigenvalue weighted by atomic mass is 10.0. The minimum absolute atomic E-state index is 0.379. The van der Waals surface area contributed by atoms with Gasteiger partial charge in [0.25, 0.3) is 0 Å². The molecule has 1 aromatic carbocycles. The van der Waals surface area contributed by atoms with Crippen molar-refractivity contribution in [1.29, 1.82) is 0 Å². The Hall–Kier alpha value is -1.55. The first-order valence-corrected chi connectivity index (χ1v) is 6.49. The Morgan fingerprint density at radius 1 is 1.42 bits per heavy atom. The molecular weight excluding hydrogens is 242 g/mol. The smallest absolute Gasteiger partial charge is 0.407 e. The molecular formula is C15H23NO3. The van der Waals surface area contributed by atoms with Crippen molar-refractivity contribution in [2.45, 2.75) is 45.8 Å². The highest BCUT2D eigenvalue weighted by Crippen LogP contribution is 2.17. The Bertz CT molecular complexity index is 424. The van der Waals surface area contributed by atoms with Gasteiger partial charge in [0, 0.05) is 6.54 Å². The van der Waals surface area contributed by atoms with Crippen LogP contribution < -0.4 is 5.32 Å². The number of aliphatic hydroxyl groups is 1. The molecule has 0 aliphatic heterocycles. The highest BCUT2D eigenvalue weighted by molar-refractivity contribution is 5.67. The molecule has 0 bridgehead atoms. The topological polar surface area (TPSA) is 58.6 Å². The molecule has 0 aliphatic carbocycles. The summed E-state index contributed by atoms with van der Waals surface area (Å²) in [5.74, 6) is 0. The van der Waals surface area contributed by atoms with E-state index in [1.54, 1.807) is 0 Å². The molecule has 0 fully saturated rings. The van der Waals surface area contributed by atoms with E-state index in [4.69, 9.17) is 4.74 Å². The summed E-state index contributed by atoms with van der Waals surface area (Å²) in [5, 5.41) is 12.6. The third-order valence-electron chi connectivity index (χ3n) is 2.51. The van der Waals surface area contributed by atoms with Crippen LogP contribution in [0.2, 0.25) is 0 Å². The van der Waals surface area contributed by atoms with E-state index in [9.17, 15) is 9.90 Å². The molecule has 1 rings (SSSR count). The Kier molecular flexibility index (Phi) is 5.36. The van der Waals surface area contributed by atoms with Gasteiger partial charge in [-0.05, 0) is 39.7 Å². The highest BCUT2D eigenvalue weighted by Gasteiger charge is 2.16. The van der Waals surface area contributed by atoms with Gasteiger partial charge in [-0.1, -0.05) is 29.8 Å². The third-order valence-corrected chi connectivity index (χ3v) is 2.51. The maximum Gasteiger partial charge on any atom is 0.407 e. The molecule has 2 N–H and O–H groups in total. The van der Waals surface area contributed by atoms with Gasteiger partial charge in [-0.15, -0.1) is 0 Å². The van der Waals surface area contributed by atoms with Crippen LogP contribution in [0.15, 0.2) is 24.3 Å². The number of ether oxygens (including phenoxy) is 1. The van der Waals surface area contributed by atoms with E-state index < -0.39 is 17.8 Å². The van der Waals surface area contributed by atoms with Gasteiger partial charge in [0.15, 0.2) is 0 Å². The summed E-state index contributed by atoms with van der Waals surface area (Å²) in [6.07, 6.45) is -0.568. The van der Waals surface area contributed by atoms with Gasteiger partial charge in [0.05, 0.1) is 6.10 Å². The minimum Gasteiger partial charge on any atom is -0.444 e. The second kappa shape index (κ2) is 6.57. The molecule has 0 heterocycles. The van der Waals surface area contributed by atoms with Gasteiger partial charge in [-0.2, -0.15) is 0 Å². The van der Waals surface area contributed by atoms with Crippen molar-refractivity contribution >= 4 is 6.09 Å². The summed E-state index contributed by atoms with van der Waals surface area (Å²) in [7, 11) is 0. The Balaban J connectivity index is 2.35. The Morgan fingerprint density at radius 3 is 2.68 bits per heavy atom. The second-order valence-electron chi connectivity index (χ2n) is 5.65. The lowest BCUT2D eigenvalue weighted by molar-refractivity contribution is 0.0518.